The number of benzene rings is 1. The van der Waals surface area contributed by atoms with Gasteiger partial charge in [-0.25, -0.2) is 4.98 Å². The number of hydrazine groups is 1. The Hall–Kier alpha value is -3.14. The number of carbonyl (C=O) groups excluding carboxylic acids is 3. The van der Waals surface area contributed by atoms with E-state index >= 15 is 0 Å². The van der Waals surface area contributed by atoms with E-state index in [2.05, 4.69) is 10.4 Å². The highest BCUT2D eigenvalue weighted by Gasteiger charge is 2.45. The third-order valence-electron chi connectivity index (χ3n) is 5.04. The Kier molecular flexibility index (Phi) is 6.73. The molecule has 1 aliphatic rings. The topological polar surface area (TPSA) is 88.6 Å². The minimum Gasteiger partial charge on any atom is -0.427 e. The van der Waals surface area contributed by atoms with Crippen LogP contribution in [0.25, 0.3) is 0 Å². The van der Waals surface area contributed by atoms with E-state index in [1.54, 1.807) is 24.3 Å². The molecule has 0 radical (unpaired) electrons. The summed E-state index contributed by atoms with van der Waals surface area (Å²) in [5, 5.41) is -0.128. The SMILES string of the molecule is Cc1ccc(OC(=O)CCC2C(=O)N(Nc3ccc(C(F)(F)F)c(Cl)n3)C(=O)C2C)cc1. The van der Waals surface area contributed by atoms with Crippen molar-refractivity contribution < 1.29 is 32.3 Å². The summed E-state index contributed by atoms with van der Waals surface area (Å²) in [5.41, 5.74) is 2.28. The van der Waals surface area contributed by atoms with E-state index in [0.717, 1.165) is 11.6 Å². The maximum atomic E-state index is 12.8. The van der Waals surface area contributed by atoms with E-state index in [1.165, 1.54) is 6.92 Å². The van der Waals surface area contributed by atoms with E-state index in [-0.39, 0.29) is 18.7 Å². The lowest BCUT2D eigenvalue weighted by molar-refractivity contribution is -0.139. The number of aromatic nitrogens is 1. The molecule has 0 aliphatic carbocycles. The molecule has 0 bridgehead atoms. The Balaban J connectivity index is 1.63. The fourth-order valence-electron chi connectivity index (χ4n) is 3.23. The molecule has 170 valence electrons. The first kappa shape index (κ1) is 23.5. The normalized spacial score (nSPS) is 18.8. The number of esters is 1. The van der Waals surface area contributed by atoms with Crippen molar-refractivity contribution in [2.45, 2.75) is 32.9 Å². The van der Waals surface area contributed by atoms with Crippen LogP contribution in [0.15, 0.2) is 36.4 Å². The summed E-state index contributed by atoms with van der Waals surface area (Å²) in [5.74, 6) is -3.14. The van der Waals surface area contributed by atoms with Gasteiger partial charge in [0.25, 0.3) is 11.8 Å². The average Bonchev–Trinajstić information content (AvgIpc) is 2.90. The summed E-state index contributed by atoms with van der Waals surface area (Å²) in [6, 6.07) is 8.53. The predicted octanol–water partition coefficient (Wildman–Crippen LogP) is 4.40. The van der Waals surface area contributed by atoms with Crippen molar-refractivity contribution in [3.8, 4) is 5.75 Å². The molecule has 1 aliphatic heterocycles. The summed E-state index contributed by atoms with van der Waals surface area (Å²) in [4.78, 5) is 40.9. The van der Waals surface area contributed by atoms with Crippen LogP contribution in [-0.2, 0) is 20.6 Å². The summed E-state index contributed by atoms with van der Waals surface area (Å²) in [7, 11) is 0. The van der Waals surface area contributed by atoms with Crippen LogP contribution in [0.3, 0.4) is 0 Å². The number of nitrogens with zero attached hydrogens (tertiary/aromatic N) is 2. The van der Waals surface area contributed by atoms with Gasteiger partial charge in [-0.1, -0.05) is 36.2 Å². The molecule has 2 aromatic rings. The molecule has 3 rings (SSSR count). The van der Waals surface area contributed by atoms with Gasteiger partial charge in [-0.3, -0.25) is 19.8 Å². The van der Waals surface area contributed by atoms with Crippen LogP contribution >= 0.6 is 11.6 Å². The molecular weight excluding hydrogens is 451 g/mol. The highest BCUT2D eigenvalue weighted by molar-refractivity contribution is 6.30. The van der Waals surface area contributed by atoms with Crippen molar-refractivity contribution in [3.05, 3.63) is 52.7 Å². The Bertz CT molecular complexity index is 1040. The molecule has 11 heteroatoms. The average molecular weight is 470 g/mol. The van der Waals surface area contributed by atoms with Gasteiger partial charge in [0.1, 0.15) is 16.7 Å². The maximum absolute atomic E-state index is 12.8. The molecule has 2 heterocycles. The van der Waals surface area contributed by atoms with E-state index in [1.807, 2.05) is 6.92 Å². The number of aryl methyl sites for hydroxylation is 1. The lowest BCUT2D eigenvalue weighted by Crippen LogP contribution is -2.37. The number of halogens is 4. The van der Waals surface area contributed by atoms with E-state index in [9.17, 15) is 27.6 Å². The summed E-state index contributed by atoms with van der Waals surface area (Å²) in [6.07, 6.45) is -4.72. The van der Waals surface area contributed by atoms with Crippen LogP contribution in [0.1, 0.15) is 30.9 Å². The molecule has 1 fully saturated rings. The summed E-state index contributed by atoms with van der Waals surface area (Å²) in [6.45, 7) is 3.43. The molecule has 0 saturated carbocycles. The fraction of sp³-hybridized carbons (Fsp3) is 0.333. The predicted molar refractivity (Wildman–Crippen MR) is 108 cm³/mol. The van der Waals surface area contributed by atoms with Crippen molar-refractivity contribution >= 4 is 35.2 Å². The van der Waals surface area contributed by atoms with Gasteiger partial charge in [0.15, 0.2) is 0 Å². The molecule has 7 nitrogen and oxygen atoms in total. The summed E-state index contributed by atoms with van der Waals surface area (Å²) < 4.78 is 43.7. The fourth-order valence-corrected chi connectivity index (χ4v) is 3.49. The molecule has 2 atom stereocenters. The molecule has 2 amide bonds. The number of carbonyl (C=O) groups is 3. The first-order valence-corrected chi connectivity index (χ1v) is 10.0. The molecule has 1 aromatic carbocycles. The van der Waals surface area contributed by atoms with Gasteiger partial charge in [-0.05, 0) is 37.6 Å². The first-order chi connectivity index (χ1) is 15.0. The number of anilines is 1. The number of pyridine rings is 1. The number of ether oxygens (including phenoxy) is 1. The molecule has 1 saturated heterocycles. The molecule has 2 unspecified atom stereocenters. The van der Waals surface area contributed by atoms with Crippen molar-refractivity contribution in [2.75, 3.05) is 5.43 Å². The molecule has 1 N–H and O–H groups in total. The minimum absolute atomic E-state index is 0.0653. The highest BCUT2D eigenvalue weighted by Crippen LogP contribution is 2.35. The lowest BCUT2D eigenvalue weighted by Gasteiger charge is -2.17. The Morgan fingerprint density at radius 2 is 1.81 bits per heavy atom. The third kappa shape index (κ3) is 5.18. The van der Waals surface area contributed by atoms with Crippen LogP contribution in [0.4, 0.5) is 19.0 Å². The second-order valence-electron chi connectivity index (χ2n) is 7.38. The van der Waals surface area contributed by atoms with Crippen molar-refractivity contribution in [2.24, 2.45) is 11.8 Å². The Morgan fingerprint density at radius 3 is 2.41 bits per heavy atom. The smallest absolute Gasteiger partial charge is 0.419 e. The molecule has 1 aromatic heterocycles. The van der Waals surface area contributed by atoms with Gasteiger partial charge < -0.3 is 4.74 Å². The second kappa shape index (κ2) is 9.15. The Morgan fingerprint density at radius 1 is 1.16 bits per heavy atom. The first-order valence-electron chi connectivity index (χ1n) is 9.63. The molecular formula is C21H19ClF3N3O4. The van der Waals surface area contributed by atoms with Gasteiger partial charge in [-0.2, -0.15) is 18.2 Å². The lowest BCUT2D eigenvalue weighted by atomic mass is 9.92. The second-order valence-corrected chi connectivity index (χ2v) is 7.74. The minimum atomic E-state index is -4.69. The zero-order valence-corrected chi connectivity index (χ0v) is 17.8. The van der Waals surface area contributed by atoms with Crippen LogP contribution < -0.4 is 10.2 Å². The quantitative estimate of drug-likeness (QED) is 0.292. The third-order valence-corrected chi connectivity index (χ3v) is 5.33. The largest absolute Gasteiger partial charge is 0.427 e. The standard InChI is InChI=1S/C21H19ClF3N3O4/c1-11-3-5-13(6-4-11)32-17(29)10-7-14-12(2)19(30)28(20(14)31)27-16-9-8-15(18(22)26-16)21(23,24)25/h3-6,8-9,12,14H,7,10H2,1-2H3,(H,26,27). The van der Waals surface area contributed by atoms with Crippen molar-refractivity contribution in [1.82, 2.24) is 9.99 Å². The number of imide groups is 1. The zero-order chi connectivity index (χ0) is 23.6. The zero-order valence-electron chi connectivity index (χ0n) is 17.1. The monoisotopic (exact) mass is 469 g/mol. The van der Waals surface area contributed by atoms with Gasteiger partial charge in [0, 0.05) is 12.3 Å². The maximum Gasteiger partial charge on any atom is 0.419 e. The van der Waals surface area contributed by atoms with Gasteiger partial charge in [-0.15, -0.1) is 0 Å². The molecule has 32 heavy (non-hydrogen) atoms. The number of hydrogen-bond acceptors (Lipinski definition) is 6. The number of rotatable bonds is 6. The van der Waals surface area contributed by atoms with E-state index in [4.69, 9.17) is 16.3 Å². The van der Waals surface area contributed by atoms with Gasteiger partial charge in [0.2, 0.25) is 0 Å². The van der Waals surface area contributed by atoms with Crippen LogP contribution in [-0.4, -0.2) is 27.8 Å². The van der Waals surface area contributed by atoms with Crippen LogP contribution in [0.5, 0.6) is 5.75 Å². The number of hydrogen-bond donors (Lipinski definition) is 1. The number of nitrogens with one attached hydrogen (secondary N) is 1. The van der Waals surface area contributed by atoms with Crippen molar-refractivity contribution in [3.63, 3.8) is 0 Å². The van der Waals surface area contributed by atoms with E-state index < -0.39 is 46.5 Å². The number of amides is 2. The van der Waals surface area contributed by atoms with Gasteiger partial charge in [0.05, 0.1) is 11.5 Å². The Labute approximate surface area is 186 Å². The van der Waals surface area contributed by atoms with Crippen LogP contribution in [0.2, 0.25) is 5.15 Å². The van der Waals surface area contributed by atoms with E-state index in [0.29, 0.717) is 16.8 Å². The molecule has 0 spiro atoms. The number of alkyl halides is 3. The summed E-state index contributed by atoms with van der Waals surface area (Å²) >= 11 is 5.58. The highest BCUT2D eigenvalue weighted by atomic mass is 35.5. The van der Waals surface area contributed by atoms with Crippen LogP contribution in [0, 0.1) is 18.8 Å². The van der Waals surface area contributed by atoms with Crippen molar-refractivity contribution in [1.29, 1.82) is 0 Å². The van der Waals surface area contributed by atoms with Gasteiger partial charge >= 0.3 is 12.1 Å².